The molecule has 0 unspecified atom stereocenters. The lowest BCUT2D eigenvalue weighted by atomic mass is 10.1. The van der Waals surface area contributed by atoms with Crippen LogP contribution in [-0.2, 0) is 6.61 Å². The largest absolute Gasteiger partial charge is 0.487 e. The summed E-state index contributed by atoms with van der Waals surface area (Å²) in [7, 11) is 0. The quantitative estimate of drug-likeness (QED) is 0.646. The van der Waals surface area contributed by atoms with Crippen LogP contribution in [-0.4, -0.2) is 0 Å². The number of rotatable bonds is 3. The van der Waals surface area contributed by atoms with E-state index in [-0.39, 0.29) is 0 Å². The lowest BCUT2D eigenvalue weighted by molar-refractivity contribution is 0.305. The highest BCUT2D eigenvalue weighted by Gasteiger charge is 2.04. The maximum atomic E-state index is 9.15. The molecule has 0 amide bonds. The Balaban J connectivity index is 1.83. The first-order valence-corrected chi connectivity index (χ1v) is 8.05. The summed E-state index contributed by atoms with van der Waals surface area (Å²) in [5.41, 5.74) is 4.64. The molecule has 0 aromatic heterocycles. The van der Waals surface area contributed by atoms with Crippen molar-refractivity contribution >= 4 is 0 Å². The van der Waals surface area contributed by atoms with Crippen LogP contribution in [0.15, 0.2) is 72.8 Å². The average molecular weight is 323 g/mol. The maximum absolute atomic E-state index is 9.15. The number of hydrogen-bond acceptors (Lipinski definition) is 2. The summed E-state index contributed by atoms with van der Waals surface area (Å²) in [6.07, 6.45) is 0. The molecule has 2 heteroatoms. The van der Waals surface area contributed by atoms with Crippen molar-refractivity contribution in [3.8, 4) is 23.7 Å². The van der Waals surface area contributed by atoms with Crippen LogP contribution in [0.1, 0.15) is 27.8 Å². The van der Waals surface area contributed by atoms with Crippen LogP contribution in [0.4, 0.5) is 0 Å². The van der Waals surface area contributed by atoms with Crippen LogP contribution < -0.4 is 4.74 Å². The molecule has 3 rings (SSSR count). The number of benzene rings is 3. The Kier molecular flexibility index (Phi) is 5.15. The van der Waals surface area contributed by atoms with Gasteiger partial charge in [-0.25, -0.2) is 0 Å². The van der Waals surface area contributed by atoms with Crippen LogP contribution in [0, 0.1) is 30.1 Å². The maximum Gasteiger partial charge on any atom is 0.137 e. The molecule has 3 aromatic carbocycles. The molecule has 0 heterocycles. The van der Waals surface area contributed by atoms with E-state index in [1.807, 2.05) is 54.6 Å². The molecule has 0 aliphatic carbocycles. The van der Waals surface area contributed by atoms with Crippen molar-refractivity contribution in [3.63, 3.8) is 0 Å². The Hall–Kier alpha value is -3.49. The number of nitrogens with zero attached hydrogens (tertiary/aromatic N) is 1. The highest BCUT2D eigenvalue weighted by Crippen LogP contribution is 2.19. The fraction of sp³-hybridized carbons (Fsp3) is 0.0870. The third-order valence-electron chi connectivity index (χ3n) is 3.88. The van der Waals surface area contributed by atoms with Gasteiger partial charge in [0, 0.05) is 16.7 Å². The van der Waals surface area contributed by atoms with Crippen LogP contribution >= 0.6 is 0 Å². The molecule has 120 valence electrons. The average Bonchev–Trinajstić information content (AvgIpc) is 2.66. The van der Waals surface area contributed by atoms with E-state index in [2.05, 4.69) is 30.9 Å². The molecular formula is C23H17NO. The van der Waals surface area contributed by atoms with Gasteiger partial charge in [0.25, 0.3) is 0 Å². The molecule has 0 aliphatic rings. The molecule has 2 nitrogen and oxygen atoms in total. The molecule has 0 saturated heterocycles. The second-order valence-electron chi connectivity index (χ2n) is 5.62. The molecular weight excluding hydrogens is 306 g/mol. The zero-order valence-corrected chi connectivity index (χ0v) is 14.0. The van der Waals surface area contributed by atoms with E-state index in [9.17, 15) is 0 Å². The summed E-state index contributed by atoms with van der Waals surface area (Å²) in [5, 5.41) is 9.15. The van der Waals surface area contributed by atoms with E-state index >= 15 is 0 Å². The van der Waals surface area contributed by atoms with Crippen molar-refractivity contribution in [2.75, 3.05) is 0 Å². The fourth-order valence-electron chi connectivity index (χ4n) is 2.46. The predicted molar refractivity (Wildman–Crippen MR) is 99.1 cm³/mol. The van der Waals surface area contributed by atoms with Gasteiger partial charge in [-0.3, -0.25) is 0 Å². The van der Waals surface area contributed by atoms with E-state index in [4.69, 9.17) is 10.00 Å². The fourth-order valence-corrected chi connectivity index (χ4v) is 2.46. The summed E-state index contributed by atoms with van der Waals surface area (Å²) >= 11 is 0. The monoisotopic (exact) mass is 323 g/mol. The van der Waals surface area contributed by atoms with E-state index in [1.54, 1.807) is 12.1 Å². The molecule has 0 aliphatic heterocycles. The molecule has 0 fully saturated rings. The molecule has 0 spiro atoms. The molecule has 0 atom stereocenters. The van der Waals surface area contributed by atoms with Crippen molar-refractivity contribution in [1.82, 2.24) is 0 Å². The topological polar surface area (TPSA) is 33.0 Å². The Labute approximate surface area is 148 Å². The van der Waals surface area contributed by atoms with Gasteiger partial charge >= 0.3 is 0 Å². The number of aryl methyl sites for hydroxylation is 1. The minimum Gasteiger partial charge on any atom is -0.487 e. The Morgan fingerprint density at radius 1 is 0.760 bits per heavy atom. The van der Waals surface area contributed by atoms with Crippen LogP contribution in [0.2, 0.25) is 0 Å². The summed E-state index contributed by atoms with van der Waals surface area (Å²) in [4.78, 5) is 0. The summed E-state index contributed by atoms with van der Waals surface area (Å²) in [6.45, 7) is 2.43. The van der Waals surface area contributed by atoms with Crippen molar-refractivity contribution in [2.24, 2.45) is 0 Å². The highest BCUT2D eigenvalue weighted by molar-refractivity contribution is 5.49. The van der Waals surface area contributed by atoms with E-state index < -0.39 is 0 Å². The predicted octanol–water partition coefficient (Wildman–Crippen LogP) is 4.85. The van der Waals surface area contributed by atoms with Gasteiger partial charge in [0.2, 0.25) is 0 Å². The molecule has 0 bridgehead atoms. The number of ether oxygens (including phenoxy) is 1. The second-order valence-corrected chi connectivity index (χ2v) is 5.62. The standard InChI is InChI=1S/C23H17NO/c1-18-8-2-3-9-19(18)14-15-20-10-4-5-12-22(20)17-25-23-13-7-6-11-21(23)16-24/h2-13H,17H2,1H3. The summed E-state index contributed by atoms with van der Waals surface area (Å²) < 4.78 is 5.84. The summed E-state index contributed by atoms with van der Waals surface area (Å²) in [5.74, 6) is 7.06. The highest BCUT2D eigenvalue weighted by atomic mass is 16.5. The minimum absolute atomic E-state index is 0.372. The Morgan fingerprint density at radius 2 is 1.36 bits per heavy atom. The van der Waals surface area contributed by atoms with Gasteiger partial charge in [-0.05, 0) is 36.8 Å². The molecule has 25 heavy (non-hydrogen) atoms. The van der Waals surface area contributed by atoms with Gasteiger partial charge in [0.15, 0.2) is 0 Å². The third-order valence-corrected chi connectivity index (χ3v) is 3.88. The van der Waals surface area contributed by atoms with Gasteiger partial charge in [-0.15, -0.1) is 0 Å². The Bertz CT molecular complexity index is 986. The van der Waals surface area contributed by atoms with Gasteiger partial charge in [-0.2, -0.15) is 5.26 Å². The lowest BCUT2D eigenvalue weighted by Gasteiger charge is -2.09. The summed E-state index contributed by atoms with van der Waals surface area (Å²) in [6, 6.07) is 25.4. The van der Waals surface area contributed by atoms with E-state index in [1.165, 1.54) is 0 Å². The van der Waals surface area contributed by atoms with Gasteiger partial charge in [0.05, 0.1) is 5.56 Å². The first kappa shape index (κ1) is 16.4. The van der Waals surface area contributed by atoms with Gasteiger partial charge in [-0.1, -0.05) is 60.4 Å². The third kappa shape index (κ3) is 4.08. The number of nitriles is 1. The normalized spacial score (nSPS) is 9.60. The SMILES string of the molecule is Cc1ccccc1C#Cc1ccccc1COc1ccccc1C#N. The first-order valence-electron chi connectivity index (χ1n) is 8.05. The van der Waals surface area contributed by atoms with Crippen LogP contribution in [0.25, 0.3) is 0 Å². The second kappa shape index (κ2) is 7.86. The van der Waals surface area contributed by atoms with E-state index in [0.717, 1.165) is 22.3 Å². The smallest absolute Gasteiger partial charge is 0.137 e. The first-order chi connectivity index (χ1) is 12.3. The van der Waals surface area contributed by atoms with Crippen molar-refractivity contribution in [1.29, 1.82) is 5.26 Å². The molecule has 3 aromatic rings. The molecule has 0 N–H and O–H groups in total. The number of para-hydroxylation sites is 1. The van der Waals surface area contributed by atoms with Crippen molar-refractivity contribution in [2.45, 2.75) is 13.5 Å². The molecule has 0 radical (unpaired) electrons. The van der Waals surface area contributed by atoms with Crippen molar-refractivity contribution < 1.29 is 4.74 Å². The van der Waals surface area contributed by atoms with Crippen LogP contribution in [0.3, 0.4) is 0 Å². The van der Waals surface area contributed by atoms with Gasteiger partial charge < -0.3 is 4.74 Å². The zero-order valence-electron chi connectivity index (χ0n) is 14.0. The van der Waals surface area contributed by atoms with E-state index in [0.29, 0.717) is 17.9 Å². The molecule has 0 saturated carbocycles. The minimum atomic E-state index is 0.372. The van der Waals surface area contributed by atoms with Gasteiger partial charge in [0.1, 0.15) is 18.4 Å². The van der Waals surface area contributed by atoms with Crippen LogP contribution in [0.5, 0.6) is 5.75 Å². The Morgan fingerprint density at radius 3 is 2.12 bits per heavy atom. The zero-order chi connectivity index (χ0) is 17.5. The van der Waals surface area contributed by atoms with Crippen molar-refractivity contribution in [3.05, 3.63) is 101 Å². The number of hydrogen-bond donors (Lipinski definition) is 0. The lowest BCUT2D eigenvalue weighted by Crippen LogP contribution is -1.99.